The van der Waals surface area contributed by atoms with Gasteiger partial charge in [0.1, 0.15) is 5.69 Å². The second kappa shape index (κ2) is 7.44. The molecule has 0 aliphatic carbocycles. The third kappa shape index (κ3) is 3.37. The molecule has 1 aliphatic rings. The first-order valence-electron chi connectivity index (χ1n) is 8.97. The van der Waals surface area contributed by atoms with Crippen molar-refractivity contribution in [2.75, 3.05) is 16.8 Å². The number of hydrogen-bond acceptors (Lipinski definition) is 3. The lowest BCUT2D eigenvalue weighted by Crippen LogP contribution is -2.29. The summed E-state index contributed by atoms with van der Waals surface area (Å²) < 4.78 is 0. The molecule has 2 aromatic carbocycles. The van der Waals surface area contributed by atoms with Crippen LogP contribution in [0, 0.1) is 6.92 Å². The zero-order valence-corrected chi connectivity index (χ0v) is 16.0. The van der Waals surface area contributed by atoms with Crippen LogP contribution in [0.2, 0.25) is 5.02 Å². The Hall–Kier alpha value is -3.18. The van der Waals surface area contributed by atoms with Gasteiger partial charge in [0.15, 0.2) is 0 Å². The molecule has 0 spiro atoms. The molecule has 28 heavy (non-hydrogen) atoms. The maximum absolute atomic E-state index is 13.0. The van der Waals surface area contributed by atoms with Gasteiger partial charge in [-0.2, -0.15) is 0 Å². The number of pyridine rings is 1. The lowest BCUT2D eigenvalue weighted by atomic mass is 10.1. The molecule has 6 heteroatoms. The predicted molar refractivity (Wildman–Crippen MR) is 110 cm³/mol. The van der Waals surface area contributed by atoms with Crippen LogP contribution in [-0.2, 0) is 6.42 Å². The Morgan fingerprint density at radius 1 is 1.11 bits per heavy atom. The number of amides is 2. The quantitative estimate of drug-likeness (QED) is 0.715. The van der Waals surface area contributed by atoms with E-state index in [0.29, 0.717) is 22.8 Å². The van der Waals surface area contributed by atoms with Crippen molar-refractivity contribution in [3.8, 4) is 0 Å². The molecule has 140 valence electrons. The van der Waals surface area contributed by atoms with Crippen LogP contribution in [0.1, 0.15) is 32.0 Å². The second-order valence-corrected chi connectivity index (χ2v) is 7.04. The van der Waals surface area contributed by atoms with Crippen LogP contribution in [0.15, 0.2) is 60.8 Å². The number of rotatable bonds is 3. The van der Waals surface area contributed by atoms with E-state index in [2.05, 4.69) is 10.3 Å². The van der Waals surface area contributed by atoms with Crippen molar-refractivity contribution in [1.29, 1.82) is 0 Å². The van der Waals surface area contributed by atoms with Crippen molar-refractivity contribution >= 4 is 34.8 Å². The standard InChI is InChI=1S/C22H18ClN3O2/c1-14-17(23)6-4-7-18(14)25-21(27)19-13-16(9-11-24-19)22(28)26-12-10-15-5-2-3-8-20(15)26/h2-9,11,13H,10,12H2,1H3,(H,25,27). The van der Waals surface area contributed by atoms with Crippen molar-refractivity contribution in [3.63, 3.8) is 0 Å². The first-order valence-corrected chi connectivity index (χ1v) is 9.34. The van der Waals surface area contributed by atoms with E-state index in [1.165, 1.54) is 12.3 Å². The number of carbonyl (C=O) groups excluding carboxylic acids is 2. The van der Waals surface area contributed by atoms with Gasteiger partial charge in [0.25, 0.3) is 11.8 Å². The lowest BCUT2D eigenvalue weighted by Gasteiger charge is -2.17. The Balaban J connectivity index is 1.57. The van der Waals surface area contributed by atoms with Gasteiger partial charge in [-0.05, 0) is 54.8 Å². The highest BCUT2D eigenvalue weighted by atomic mass is 35.5. The molecule has 1 aliphatic heterocycles. The molecule has 4 rings (SSSR count). The summed E-state index contributed by atoms with van der Waals surface area (Å²) in [4.78, 5) is 31.5. The minimum atomic E-state index is -0.387. The number of halogens is 1. The molecule has 0 saturated heterocycles. The number of fused-ring (bicyclic) bond motifs is 1. The third-order valence-corrected chi connectivity index (χ3v) is 5.30. The molecule has 0 radical (unpaired) electrons. The van der Waals surface area contributed by atoms with Gasteiger partial charge in [-0.1, -0.05) is 35.9 Å². The van der Waals surface area contributed by atoms with Crippen LogP contribution in [0.25, 0.3) is 0 Å². The predicted octanol–water partition coefficient (Wildman–Crippen LogP) is 4.50. The van der Waals surface area contributed by atoms with E-state index >= 15 is 0 Å². The molecule has 0 fully saturated rings. The number of nitrogens with zero attached hydrogens (tertiary/aromatic N) is 2. The topological polar surface area (TPSA) is 62.3 Å². The molecular formula is C22H18ClN3O2. The normalized spacial score (nSPS) is 12.6. The fraction of sp³-hybridized carbons (Fsp3) is 0.136. The van der Waals surface area contributed by atoms with Gasteiger partial charge < -0.3 is 10.2 Å². The smallest absolute Gasteiger partial charge is 0.274 e. The van der Waals surface area contributed by atoms with Crippen LogP contribution < -0.4 is 10.2 Å². The molecule has 3 aromatic rings. The number of anilines is 2. The highest BCUT2D eigenvalue weighted by Gasteiger charge is 2.25. The first kappa shape index (κ1) is 18.2. The van der Waals surface area contributed by atoms with Gasteiger partial charge in [0, 0.05) is 34.7 Å². The van der Waals surface area contributed by atoms with Gasteiger partial charge in [0.05, 0.1) is 0 Å². The molecule has 0 atom stereocenters. The number of nitrogens with one attached hydrogen (secondary N) is 1. The van der Waals surface area contributed by atoms with Crippen molar-refractivity contribution in [1.82, 2.24) is 4.98 Å². The van der Waals surface area contributed by atoms with E-state index in [4.69, 9.17) is 11.6 Å². The summed E-state index contributed by atoms with van der Waals surface area (Å²) in [5, 5.41) is 3.38. The summed E-state index contributed by atoms with van der Waals surface area (Å²) in [6.45, 7) is 2.46. The van der Waals surface area contributed by atoms with Crippen LogP contribution in [0.4, 0.5) is 11.4 Å². The van der Waals surface area contributed by atoms with E-state index in [1.807, 2.05) is 31.2 Å². The second-order valence-electron chi connectivity index (χ2n) is 6.63. The molecule has 1 N–H and O–H groups in total. The zero-order chi connectivity index (χ0) is 19.7. The third-order valence-electron chi connectivity index (χ3n) is 4.89. The molecule has 0 unspecified atom stereocenters. The summed E-state index contributed by atoms with van der Waals surface area (Å²) >= 11 is 6.11. The molecule has 2 heterocycles. The molecule has 0 saturated carbocycles. The number of aromatic nitrogens is 1. The maximum atomic E-state index is 13.0. The van der Waals surface area contributed by atoms with Gasteiger partial charge >= 0.3 is 0 Å². The summed E-state index contributed by atoms with van der Waals surface area (Å²) in [6.07, 6.45) is 2.31. The number of para-hydroxylation sites is 1. The van der Waals surface area contributed by atoms with Gasteiger partial charge in [-0.3, -0.25) is 14.6 Å². The lowest BCUT2D eigenvalue weighted by molar-refractivity contribution is 0.0989. The average molecular weight is 392 g/mol. The SMILES string of the molecule is Cc1c(Cl)cccc1NC(=O)c1cc(C(=O)N2CCc3ccccc32)ccn1. The minimum Gasteiger partial charge on any atom is -0.320 e. The van der Waals surface area contributed by atoms with Crippen LogP contribution in [0.5, 0.6) is 0 Å². The maximum Gasteiger partial charge on any atom is 0.274 e. The van der Waals surface area contributed by atoms with E-state index in [9.17, 15) is 9.59 Å². The zero-order valence-electron chi connectivity index (χ0n) is 15.3. The largest absolute Gasteiger partial charge is 0.320 e. The molecule has 5 nitrogen and oxygen atoms in total. The van der Waals surface area contributed by atoms with Gasteiger partial charge in [-0.15, -0.1) is 0 Å². The van der Waals surface area contributed by atoms with Crippen LogP contribution >= 0.6 is 11.6 Å². The first-order chi connectivity index (χ1) is 13.5. The average Bonchev–Trinajstić information content (AvgIpc) is 3.15. The van der Waals surface area contributed by atoms with Gasteiger partial charge in [-0.25, -0.2) is 0 Å². The summed E-state index contributed by atoms with van der Waals surface area (Å²) in [7, 11) is 0. The van der Waals surface area contributed by atoms with E-state index < -0.39 is 0 Å². The van der Waals surface area contributed by atoms with E-state index in [-0.39, 0.29) is 17.5 Å². The summed E-state index contributed by atoms with van der Waals surface area (Å²) in [5.41, 5.74) is 4.07. The summed E-state index contributed by atoms with van der Waals surface area (Å²) in [6, 6.07) is 16.3. The van der Waals surface area contributed by atoms with Crippen molar-refractivity contribution in [3.05, 3.63) is 88.2 Å². The Labute approximate surface area is 168 Å². The Bertz CT molecular complexity index is 1080. The number of carbonyl (C=O) groups is 2. The molecule has 2 amide bonds. The van der Waals surface area contributed by atoms with E-state index in [1.54, 1.807) is 29.2 Å². The number of hydrogen-bond donors (Lipinski definition) is 1. The Kier molecular flexibility index (Phi) is 4.84. The van der Waals surface area contributed by atoms with Crippen LogP contribution in [0.3, 0.4) is 0 Å². The highest BCUT2D eigenvalue weighted by molar-refractivity contribution is 6.31. The fourth-order valence-electron chi connectivity index (χ4n) is 3.32. The minimum absolute atomic E-state index is 0.139. The highest BCUT2D eigenvalue weighted by Crippen LogP contribution is 2.29. The van der Waals surface area contributed by atoms with E-state index in [0.717, 1.165) is 23.2 Å². The van der Waals surface area contributed by atoms with Gasteiger partial charge in [0.2, 0.25) is 0 Å². The molecule has 1 aromatic heterocycles. The van der Waals surface area contributed by atoms with Crippen molar-refractivity contribution < 1.29 is 9.59 Å². The summed E-state index contributed by atoms with van der Waals surface area (Å²) in [5.74, 6) is -0.526. The van der Waals surface area contributed by atoms with Crippen molar-refractivity contribution in [2.45, 2.75) is 13.3 Å². The Morgan fingerprint density at radius 3 is 2.79 bits per heavy atom. The van der Waals surface area contributed by atoms with Crippen LogP contribution in [-0.4, -0.2) is 23.3 Å². The number of benzene rings is 2. The molecule has 0 bridgehead atoms. The monoisotopic (exact) mass is 391 g/mol. The Morgan fingerprint density at radius 2 is 1.93 bits per heavy atom. The molecular weight excluding hydrogens is 374 g/mol. The fourth-order valence-corrected chi connectivity index (χ4v) is 3.50. The van der Waals surface area contributed by atoms with Crippen molar-refractivity contribution in [2.24, 2.45) is 0 Å².